The second-order valence-corrected chi connectivity index (χ2v) is 5.58. The van der Waals surface area contributed by atoms with Gasteiger partial charge in [-0.15, -0.1) is 0 Å². The van der Waals surface area contributed by atoms with Gasteiger partial charge in [0.15, 0.2) is 0 Å². The van der Waals surface area contributed by atoms with Crippen molar-refractivity contribution in [3.05, 3.63) is 47.8 Å². The summed E-state index contributed by atoms with van der Waals surface area (Å²) in [5.41, 5.74) is 1.64. The van der Waals surface area contributed by atoms with Crippen LogP contribution in [0.4, 0.5) is 5.69 Å². The van der Waals surface area contributed by atoms with Crippen LogP contribution in [0.3, 0.4) is 0 Å². The molecule has 2 aromatic rings. The number of nitrogens with one attached hydrogen (secondary N) is 2. The zero-order valence-corrected chi connectivity index (χ0v) is 12.7. The molecule has 3 rings (SSSR count). The third-order valence-corrected chi connectivity index (χ3v) is 3.96. The Morgan fingerprint density at radius 1 is 1.33 bits per heavy atom. The number of nitrogens with zero attached hydrogens (tertiary/aromatic N) is 2. The molecular weight excluding hydrogens is 312 g/mol. The van der Waals surface area contributed by atoms with Crippen molar-refractivity contribution in [1.82, 2.24) is 15.5 Å². The molecule has 24 heavy (non-hydrogen) atoms. The first kappa shape index (κ1) is 15.7. The molecule has 1 aromatic carbocycles. The van der Waals surface area contributed by atoms with Gasteiger partial charge in [0.05, 0.1) is 23.4 Å². The van der Waals surface area contributed by atoms with E-state index in [0.29, 0.717) is 12.2 Å². The van der Waals surface area contributed by atoms with Gasteiger partial charge in [-0.3, -0.25) is 14.7 Å². The first-order valence-corrected chi connectivity index (χ1v) is 7.43. The average Bonchev–Trinajstić information content (AvgIpc) is 3.22. The molecule has 1 fully saturated rings. The number of carbonyl (C=O) groups is 3. The first-order valence-electron chi connectivity index (χ1n) is 7.43. The molecule has 1 atom stereocenters. The fourth-order valence-electron chi connectivity index (χ4n) is 2.62. The van der Waals surface area contributed by atoms with E-state index in [1.807, 2.05) is 0 Å². The Labute approximate surface area is 137 Å². The van der Waals surface area contributed by atoms with E-state index in [9.17, 15) is 14.4 Å². The van der Waals surface area contributed by atoms with Crippen molar-refractivity contribution < 1.29 is 19.5 Å². The molecular formula is C16H16N4O4. The number of H-pyrrole nitrogens is 1. The Morgan fingerprint density at radius 3 is 2.71 bits per heavy atom. The van der Waals surface area contributed by atoms with E-state index in [1.165, 1.54) is 17.0 Å². The number of amides is 2. The molecule has 2 amide bonds. The predicted octanol–water partition coefficient (Wildman–Crippen LogP) is 0.777. The lowest BCUT2D eigenvalue weighted by atomic mass is 10.1. The Morgan fingerprint density at radius 2 is 2.08 bits per heavy atom. The van der Waals surface area contributed by atoms with Gasteiger partial charge in [0, 0.05) is 25.7 Å². The number of aromatic nitrogens is 2. The molecule has 0 aliphatic carbocycles. The van der Waals surface area contributed by atoms with Gasteiger partial charge in [-0.05, 0) is 17.7 Å². The molecule has 1 aliphatic rings. The third kappa shape index (κ3) is 3.27. The second-order valence-electron chi connectivity index (χ2n) is 5.58. The van der Waals surface area contributed by atoms with Crippen LogP contribution in [0.15, 0.2) is 36.7 Å². The smallest absolute Gasteiger partial charge is 0.335 e. The van der Waals surface area contributed by atoms with E-state index >= 15 is 0 Å². The van der Waals surface area contributed by atoms with Gasteiger partial charge in [0.25, 0.3) is 0 Å². The van der Waals surface area contributed by atoms with E-state index in [2.05, 4.69) is 15.5 Å². The Hall–Kier alpha value is -3.16. The zero-order valence-electron chi connectivity index (χ0n) is 12.7. The molecule has 8 heteroatoms. The summed E-state index contributed by atoms with van der Waals surface area (Å²) in [4.78, 5) is 36.6. The normalized spacial score (nSPS) is 17.1. The molecule has 0 radical (unpaired) electrons. The van der Waals surface area contributed by atoms with Crippen molar-refractivity contribution in [3.8, 4) is 0 Å². The number of hydrogen-bond donors (Lipinski definition) is 3. The molecule has 3 N–H and O–H groups in total. The third-order valence-electron chi connectivity index (χ3n) is 3.96. The van der Waals surface area contributed by atoms with Crippen molar-refractivity contribution in [2.75, 3.05) is 11.4 Å². The van der Waals surface area contributed by atoms with Gasteiger partial charge in [-0.2, -0.15) is 5.10 Å². The fourth-order valence-corrected chi connectivity index (χ4v) is 2.62. The van der Waals surface area contributed by atoms with Gasteiger partial charge in [-0.1, -0.05) is 12.1 Å². The van der Waals surface area contributed by atoms with Crippen LogP contribution in [0, 0.1) is 5.92 Å². The van der Waals surface area contributed by atoms with Gasteiger partial charge in [0.2, 0.25) is 11.8 Å². The molecule has 8 nitrogen and oxygen atoms in total. The van der Waals surface area contributed by atoms with Crippen molar-refractivity contribution in [2.24, 2.45) is 5.92 Å². The van der Waals surface area contributed by atoms with Crippen LogP contribution in [0.1, 0.15) is 22.3 Å². The molecule has 124 valence electrons. The predicted molar refractivity (Wildman–Crippen MR) is 84.3 cm³/mol. The largest absolute Gasteiger partial charge is 0.478 e. The van der Waals surface area contributed by atoms with Crippen molar-refractivity contribution in [3.63, 3.8) is 0 Å². The number of aromatic carboxylic acids is 1. The highest BCUT2D eigenvalue weighted by molar-refractivity contribution is 6.00. The minimum absolute atomic E-state index is 0.109. The SMILES string of the molecule is O=C(O)c1ccc(CNC(=O)C2CC(=O)N(c3cn[nH]c3)C2)cc1. The summed E-state index contributed by atoms with van der Waals surface area (Å²) in [6.07, 6.45) is 3.32. The van der Waals surface area contributed by atoms with E-state index < -0.39 is 11.9 Å². The van der Waals surface area contributed by atoms with Crippen LogP contribution in [0.5, 0.6) is 0 Å². The molecule has 0 spiro atoms. The quantitative estimate of drug-likeness (QED) is 0.750. The molecule has 1 aliphatic heterocycles. The number of carbonyl (C=O) groups excluding carboxylic acids is 2. The maximum Gasteiger partial charge on any atom is 0.335 e. The van der Waals surface area contributed by atoms with Gasteiger partial charge < -0.3 is 15.3 Å². The molecule has 1 aromatic heterocycles. The molecule has 1 unspecified atom stereocenters. The number of carboxylic acids is 1. The first-order chi connectivity index (χ1) is 11.5. The maximum atomic E-state index is 12.2. The summed E-state index contributed by atoms with van der Waals surface area (Å²) < 4.78 is 0. The lowest BCUT2D eigenvalue weighted by molar-refractivity contribution is -0.126. The highest BCUT2D eigenvalue weighted by atomic mass is 16.4. The monoisotopic (exact) mass is 328 g/mol. The molecule has 1 saturated heterocycles. The van der Waals surface area contributed by atoms with E-state index in [0.717, 1.165) is 5.56 Å². The lowest BCUT2D eigenvalue weighted by Crippen LogP contribution is -2.32. The van der Waals surface area contributed by atoms with Gasteiger partial charge >= 0.3 is 5.97 Å². The Bertz CT molecular complexity index is 755. The standard InChI is InChI=1S/C16H16N4O4/c21-14-5-12(9-20(14)13-7-18-19-8-13)15(22)17-6-10-1-3-11(4-2-10)16(23)24/h1-4,7-8,12H,5-6,9H2,(H,17,22)(H,18,19)(H,23,24). The average molecular weight is 328 g/mol. The topological polar surface area (TPSA) is 115 Å². The fraction of sp³-hybridized carbons (Fsp3) is 0.250. The zero-order chi connectivity index (χ0) is 17.1. The van der Waals surface area contributed by atoms with Crippen LogP contribution in [-0.2, 0) is 16.1 Å². The number of anilines is 1. The summed E-state index contributed by atoms with van der Waals surface area (Å²) in [5.74, 6) is -1.71. The van der Waals surface area contributed by atoms with Gasteiger partial charge in [0.1, 0.15) is 0 Å². The highest BCUT2D eigenvalue weighted by Crippen LogP contribution is 2.24. The Balaban J connectivity index is 1.56. The van der Waals surface area contributed by atoms with Crippen molar-refractivity contribution >= 4 is 23.5 Å². The minimum atomic E-state index is -0.991. The summed E-state index contributed by atoms with van der Waals surface area (Å²) >= 11 is 0. The van der Waals surface area contributed by atoms with E-state index in [4.69, 9.17) is 5.11 Å². The summed E-state index contributed by atoms with van der Waals surface area (Å²) in [6.45, 7) is 0.608. The molecule has 0 bridgehead atoms. The summed E-state index contributed by atoms with van der Waals surface area (Å²) in [6, 6.07) is 6.29. The van der Waals surface area contributed by atoms with Crippen LogP contribution in [-0.4, -0.2) is 39.6 Å². The van der Waals surface area contributed by atoms with Crippen LogP contribution >= 0.6 is 0 Å². The molecule has 2 heterocycles. The highest BCUT2D eigenvalue weighted by Gasteiger charge is 2.35. The lowest BCUT2D eigenvalue weighted by Gasteiger charge is -2.14. The van der Waals surface area contributed by atoms with E-state index in [-0.39, 0.29) is 30.3 Å². The minimum Gasteiger partial charge on any atom is -0.478 e. The molecule has 0 saturated carbocycles. The number of rotatable bonds is 5. The van der Waals surface area contributed by atoms with Crippen LogP contribution in [0.25, 0.3) is 0 Å². The summed E-state index contributed by atoms with van der Waals surface area (Å²) in [5, 5.41) is 18.1. The second kappa shape index (κ2) is 6.53. The van der Waals surface area contributed by atoms with Crippen LogP contribution in [0.2, 0.25) is 0 Å². The van der Waals surface area contributed by atoms with Crippen molar-refractivity contribution in [1.29, 1.82) is 0 Å². The summed E-state index contributed by atoms with van der Waals surface area (Å²) in [7, 11) is 0. The Kier molecular flexibility index (Phi) is 4.28. The number of hydrogen-bond acceptors (Lipinski definition) is 4. The number of carboxylic acid groups (broad SMARTS) is 1. The van der Waals surface area contributed by atoms with Gasteiger partial charge in [-0.25, -0.2) is 4.79 Å². The number of benzene rings is 1. The number of aromatic amines is 1. The van der Waals surface area contributed by atoms with E-state index in [1.54, 1.807) is 24.5 Å². The van der Waals surface area contributed by atoms with Crippen LogP contribution < -0.4 is 10.2 Å². The van der Waals surface area contributed by atoms with Crippen molar-refractivity contribution in [2.45, 2.75) is 13.0 Å². The maximum absolute atomic E-state index is 12.2.